The standard InChI is InChI=1S/C24H34N6O/c1-2-30-16-19(14-25-30)18-7-10-22-21(13-18)23(28-27-22)24(31)26-20-8-5-17(6-9-20)15-29-11-3-4-12-29/h5-6,8-9,14,16,18,21-23,27-28H,2-4,7,10-13,15H2,1H3,(H,26,31). The lowest BCUT2D eigenvalue weighted by Gasteiger charge is -2.32. The van der Waals surface area contributed by atoms with Crippen molar-refractivity contribution in [3.8, 4) is 0 Å². The summed E-state index contributed by atoms with van der Waals surface area (Å²) < 4.78 is 1.99. The Bertz CT molecular complexity index is 888. The smallest absolute Gasteiger partial charge is 0.243 e. The molecular weight excluding hydrogens is 388 g/mol. The number of likely N-dealkylation sites (tertiary alicyclic amines) is 1. The van der Waals surface area contributed by atoms with Gasteiger partial charge < -0.3 is 5.32 Å². The zero-order valence-corrected chi connectivity index (χ0v) is 18.4. The number of fused-ring (bicyclic) bond motifs is 1. The van der Waals surface area contributed by atoms with Crippen molar-refractivity contribution in [3.05, 3.63) is 47.8 Å². The molecule has 5 rings (SSSR count). The maximum absolute atomic E-state index is 13.1. The van der Waals surface area contributed by atoms with Crippen molar-refractivity contribution in [3.63, 3.8) is 0 Å². The number of nitrogens with one attached hydrogen (secondary N) is 3. The fourth-order valence-electron chi connectivity index (χ4n) is 5.50. The Labute approximate surface area is 184 Å². The topological polar surface area (TPSA) is 74.2 Å². The molecule has 4 unspecified atom stereocenters. The van der Waals surface area contributed by atoms with Crippen LogP contribution in [0.3, 0.4) is 0 Å². The van der Waals surface area contributed by atoms with Gasteiger partial charge >= 0.3 is 0 Å². The SMILES string of the molecule is CCn1cc(C2CCC3NNC(C(=O)Nc4ccc(CN5CCCC5)cc4)C3C2)cn1. The highest BCUT2D eigenvalue weighted by atomic mass is 16.2. The zero-order chi connectivity index (χ0) is 21.2. The van der Waals surface area contributed by atoms with E-state index in [0.717, 1.165) is 38.0 Å². The third kappa shape index (κ3) is 4.54. The van der Waals surface area contributed by atoms with Gasteiger partial charge in [0.15, 0.2) is 0 Å². The number of benzene rings is 1. The van der Waals surface area contributed by atoms with Gasteiger partial charge in [0.1, 0.15) is 6.04 Å². The van der Waals surface area contributed by atoms with E-state index >= 15 is 0 Å². The number of aryl methyl sites for hydroxylation is 1. The molecule has 0 radical (unpaired) electrons. The number of aromatic nitrogens is 2. The minimum Gasteiger partial charge on any atom is -0.325 e. The lowest BCUT2D eigenvalue weighted by atomic mass is 9.74. The summed E-state index contributed by atoms with van der Waals surface area (Å²) in [7, 11) is 0. The van der Waals surface area contributed by atoms with Gasteiger partial charge in [0.05, 0.1) is 6.20 Å². The molecule has 0 bridgehead atoms. The molecule has 2 aromatic rings. The third-order valence-corrected chi connectivity index (χ3v) is 7.31. The number of carbonyl (C=O) groups is 1. The number of carbonyl (C=O) groups excluding carboxylic acids is 1. The monoisotopic (exact) mass is 422 g/mol. The predicted octanol–water partition coefficient (Wildman–Crippen LogP) is 2.87. The fourth-order valence-corrected chi connectivity index (χ4v) is 5.50. The second-order valence-electron chi connectivity index (χ2n) is 9.35. The van der Waals surface area contributed by atoms with Crippen LogP contribution in [0.2, 0.25) is 0 Å². The van der Waals surface area contributed by atoms with E-state index in [4.69, 9.17) is 0 Å². The maximum atomic E-state index is 13.1. The van der Waals surface area contributed by atoms with Crippen molar-refractivity contribution in [1.29, 1.82) is 0 Å². The Hall–Kier alpha value is -2.22. The van der Waals surface area contributed by atoms with Crippen LogP contribution >= 0.6 is 0 Å². The average molecular weight is 423 g/mol. The number of anilines is 1. The van der Waals surface area contributed by atoms with Crippen LogP contribution in [0.25, 0.3) is 0 Å². The highest BCUT2D eigenvalue weighted by Gasteiger charge is 2.44. The molecule has 7 heteroatoms. The molecular formula is C24H34N6O. The summed E-state index contributed by atoms with van der Waals surface area (Å²) in [6.45, 7) is 6.40. The first kappa shape index (κ1) is 20.7. The van der Waals surface area contributed by atoms with E-state index in [2.05, 4.69) is 51.4 Å². The molecule has 3 N–H and O–H groups in total. The quantitative estimate of drug-likeness (QED) is 0.668. The summed E-state index contributed by atoms with van der Waals surface area (Å²) in [4.78, 5) is 15.6. The molecule has 4 atom stereocenters. The van der Waals surface area contributed by atoms with Gasteiger partial charge in [-0.2, -0.15) is 5.10 Å². The molecule has 0 spiro atoms. The van der Waals surface area contributed by atoms with Crippen LogP contribution in [0.1, 0.15) is 56.1 Å². The molecule has 3 aliphatic rings. The van der Waals surface area contributed by atoms with E-state index in [1.165, 1.54) is 37.1 Å². The summed E-state index contributed by atoms with van der Waals surface area (Å²) in [6, 6.07) is 8.49. The highest BCUT2D eigenvalue weighted by molar-refractivity contribution is 5.95. The second kappa shape index (κ2) is 9.10. The number of hydrogen-bond donors (Lipinski definition) is 3. The normalized spacial score (nSPS) is 28.5. The minimum atomic E-state index is -0.210. The molecule has 1 aromatic heterocycles. The molecule has 1 aromatic carbocycles. The van der Waals surface area contributed by atoms with Crippen LogP contribution in [-0.4, -0.2) is 45.8 Å². The van der Waals surface area contributed by atoms with Gasteiger partial charge in [0.25, 0.3) is 0 Å². The third-order valence-electron chi connectivity index (χ3n) is 7.31. The van der Waals surface area contributed by atoms with E-state index in [1.54, 1.807) is 0 Å². The molecule has 31 heavy (non-hydrogen) atoms. The molecule has 3 fully saturated rings. The minimum absolute atomic E-state index is 0.0530. The van der Waals surface area contributed by atoms with E-state index in [0.29, 0.717) is 12.0 Å². The summed E-state index contributed by atoms with van der Waals surface area (Å²) in [5.74, 6) is 0.818. The lowest BCUT2D eigenvalue weighted by molar-refractivity contribution is -0.119. The van der Waals surface area contributed by atoms with Gasteiger partial charge in [-0.05, 0) is 81.3 Å². The molecule has 2 saturated heterocycles. The molecule has 2 aliphatic heterocycles. The Morgan fingerprint density at radius 3 is 2.71 bits per heavy atom. The molecule has 1 saturated carbocycles. The molecule has 7 nitrogen and oxygen atoms in total. The van der Waals surface area contributed by atoms with Gasteiger partial charge in [-0.3, -0.25) is 19.8 Å². The van der Waals surface area contributed by atoms with Crippen molar-refractivity contribution < 1.29 is 4.79 Å². The summed E-state index contributed by atoms with van der Waals surface area (Å²) in [6.07, 6.45) is 10.0. The number of hydrogen-bond acceptors (Lipinski definition) is 5. The van der Waals surface area contributed by atoms with Crippen LogP contribution in [0, 0.1) is 5.92 Å². The molecule has 166 valence electrons. The van der Waals surface area contributed by atoms with Crippen LogP contribution < -0.4 is 16.2 Å². The Kier molecular flexibility index (Phi) is 6.07. The highest BCUT2D eigenvalue weighted by Crippen LogP contribution is 2.39. The Morgan fingerprint density at radius 1 is 1.16 bits per heavy atom. The lowest BCUT2D eigenvalue weighted by Crippen LogP contribution is -2.42. The average Bonchev–Trinajstić information content (AvgIpc) is 3.55. The largest absolute Gasteiger partial charge is 0.325 e. The first-order valence-corrected chi connectivity index (χ1v) is 11.8. The van der Waals surface area contributed by atoms with Crippen LogP contribution in [0.15, 0.2) is 36.7 Å². The number of amides is 1. The van der Waals surface area contributed by atoms with E-state index in [1.807, 2.05) is 23.0 Å². The number of rotatable bonds is 6. The van der Waals surface area contributed by atoms with Crippen LogP contribution in [-0.2, 0) is 17.9 Å². The zero-order valence-electron chi connectivity index (χ0n) is 18.4. The van der Waals surface area contributed by atoms with E-state index in [9.17, 15) is 4.79 Å². The molecule has 1 aliphatic carbocycles. The first-order valence-electron chi connectivity index (χ1n) is 11.8. The number of nitrogens with zero attached hydrogens (tertiary/aromatic N) is 3. The van der Waals surface area contributed by atoms with Crippen molar-refractivity contribution in [2.24, 2.45) is 5.92 Å². The van der Waals surface area contributed by atoms with Crippen molar-refractivity contribution in [1.82, 2.24) is 25.5 Å². The van der Waals surface area contributed by atoms with Crippen molar-refractivity contribution in [2.45, 2.75) is 70.1 Å². The van der Waals surface area contributed by atoms with Gasteiger partial charge in [0.2, 0.25) is 5.91 Å². The summed E-state index contributed by atoms with van der Waals surface area (Å²) in [5.41, 5.74) is 10.1. The maximum Gasteiger partial charge on any atom is 0.243 e. The van der Waals surface area contributed by atoms with Gasteiger partial charge in [-0.1, -0.05) is 12.1 Å². The number of hydrazine groups is 1. The van der Waals surface area contributed by atoms with Crippen molar-refractivity contribution >= 4 is 11.6 Å². The Morgan fingerprint density at radius 2 is 1.97 bits per heavy atom. The van der Waals surface area contributed by atoms with Crippen LogP contribution in [0.5, 0.6) is 0 Å². The first-order chi connectivity index (χ1) is 15.2. The molecule has 3 heterocycles. The second-order valence-corrected chi connectivity index (χ2v) is 9.35. The van der Waals surface area contributed by atoms with Gasteiger partial charge in [-0.15, -0.1) is 0 Å². The van der Waals surface area contributed by atoms with Gasteiger partial charge in [0, 0.05) is 36.9 Å². The van der Waals surface area contributed by atoms with Gasteiger partial charge in [-0.25, -0.2) is 5.43 Å². The predicted molar refractivity (Wildman–Crippen MR) is 121 cm³/mol. The van der Waals surface area contributed by atoms with Crippen molar-refractivity contribution in [2.75, 3.05) is 18.4 Å². The summed E-state index contributed by atoms with van der Waals surface area (Å²) in [5, 5.41) is 7.58. The fraction of sp³-hybridized carbons (Fsp3) is 0.583. The summed E-state index contributed by atoms with van der Waals surface area (Å²) >= 11 is 0. The molecule has 1 amide bonds. The Balaban J connectivity index is 1.20. The van der Waals surface area contributed by atoms with E-state index in [-0.39, 0.29) is 17.9 Å². The van der Waals surface area contributed by atoms with Crippen LogP contribution in [0.4, 0.5) is 5.69 Å². The van der Waals surface area contributed by atoms with E-state index < -0.39 is 0 Å².